The Hall–Kier alpha value is -2.57. The van der Waals surface area contributed by atoms with Gasteiger partial charge in [-0.2, -0.15) is 5.10 Å². The van der Waals surface area contributed by atoms with Gasteiger partial charge in [0.15, 0.2) is 0 Å². The Kier molecular flexibility index (Phi) is 3.13. The van der Waals surface area contributed by atoms with E-state index in [1.54, 1.807) is 25.4 Å². The van der Waals surface area contributed by atoms with Gasteiger partial charge in [-0.3, -0.25) is 9.89 Å². The average molecular weight is 246 g/mol. The molecule has 2 heterocycles. The summed E-state index contributed by atoms with van der Waals surface area (Å²) in [6, 6.07) is 1.73. The molecular weight excluding hydrogens is 232 g/mol. The lowest BCUT2D eigenvalue weighted by atomic mass is 10.1. The minimum absolute atomic E-state index is 0.388. The van der Waals surface area contributed by atoms with Crippen LogP contribution < -0.4 is 16.8 Å². The van der Waals surface area contributed by atoms with Gasteiger partial charge in [0.05, 0.1) is 11.8 Å². The maximum absolute atomic E-state index is 11.4. The van der Waals surface area contributed by atoms with E-state index in [4.69, 9.17) is 11.5 Å². The number of hydrogen-bond donors (Lipinski definition) is 4. The molecule has 6 N–H and O–H groups in total. The van der Waals surface area contributed by atoms with Crippen molar-refractivity contribution < 1.29 is 4.79 Å². The lowest BCUT2D eigenvalue weighted by Gasteiger charge is -2.10. The van der Waals surface area contributed by atoms with Gasteiger partial charge < -0.3 is 16.8 Å². The van der Waals surface area contributed by atoms with Crippen molar-refractivity contribution in [3.8, 4) is 0 Å². The van der Waals surface area contributed by atoms with E-state index in [2.05, 4.69) is 20.5 Å². The Bertz CT molecular complexity index is 577. The van der Waals surface area contributed by atoms with Gasteiger partial charge in [0.1, 0.15) is 11.6 Å². The summed E-state index contributed by atoms with van der Waals surface area (Å²) in [5.41, 5.74) is 13.0. The van der Waals surface area contributed by atoms with Gasteiger partial charge in [0, 0.05) is 18.3 Å². The number of carbonyl (C=O) groups excluding carboxylic acids is 1. The SMILES string of the molecule is Cc1ccnc(NCc2cn[nH]c2N)c1C(N)=O. The molecule has 0 aliphatic heterocycles. The number of pyridine rings is 1. The van der Waals surface area contributed by atoms with Crippen LogP contribution in [-0.4, -0.2) is 21.1 Å². The number of nitrogens with one attached hydrogen (secondary N) is 2. The van der Waals surface area contributed by atoms with Crippen LogP contribution in [0.15, 0.2) is 18.5 Å². The molecular formula is C11H14N6O. The van der Waals surface area contributed by atoms with Crippen molar-refractivity contribution in [1.82, 2.24) is 15.2 Å². The second-order valence-corrected chi connectivity index (χ2v) is 3.88. The Morgan fingerprint density at radius 3 is 2.94 bits per heavy atom. The highest BCUT2D eigenvalue weighted by Crippen LogP contribution is 2.17. The Balaban J connectivity index is 2.22. The van der Waals surface area contributed by atoms with Crippen molar-refractivity contribution in [2.24, 2.45) is 5.73 Å². The molecule has 1 amide bonds. The molecule has 2 rings (SSSR count). The first kappa shape index (κ1) is 11.9. The molecule has 0 saturated carbocycles. The van der Waals surface area contributed by atoms with Crippen LogP contribution in [0.5, 0.6) is 0 Å². The molecule has 0 fully saturated rings. The largest absolute Gasteiger partial charge is 0.384 e. The summed E-state index contributed by atoms with van der Waals surface area (Å²) in [5.74, 6) is 0.419. The van der Waals surface area contributed by atoms with E-state index in [1.807, 2.05) is 0 Å². The van der Waals surface area contributed by atoms with Crippen molar-refractivity contribution in [1.29, 1.82) is 0 Å². The number of hydrogen-bond acceptors (Lipinski definition) is 5. The number of aromatic amines is 1. The summed E-state index contributed by atoms with van der Waals surface area (Å²) in [6.45, 7) is 2.22. The molecule has 7 nitrogen and oxygen atoms in total. The number of aryl methyl sites for hydroxylation is 1. The molecule has 7 heteroatoms. The summed E-state index contributed by atoms with van der Waals surface area (Å²) in [4.78, 5) is 15.5. The van der Waals surface area contributed by atoms with Gasteiger partial charge in [-0.05, 0) is 18.6 Å². The van der Waals surface area contributed by atoms with Crippen LogP contribution in [0.1, 0.15) is 21.5 Å². The molecule has 18 heavy (non-hydrogen) atoms. The minimum atomic E-state index is -0.511. The molecule has 0 aliphatic rings. The highest BCUT2D eigenvalue weighted by molar-refractivity contribution is 5.98. The lowest BCUT2D eigenvalue weighted by molar-refractivity contribution is 0.1000. The number of primary amides is 1. The molecule has 0 saturated heterocycles. The number of nitrogens with two attached hydrogens (primary N) is 2. The smallest absolute Gasteiger partial charge is 0.252 e. The number of amides is 1. The number of H-pyrrole nitrogens is 1. The zero-order chi connectivity index (χ0) is 13.1. The van der Waals surface area contributed by atoms with E-state index < -0.39 is 5.91 Å². The standard InChI is InChI=1S/C11H14N6O/c1-6-2-3-14-11(8(6)10(13)18)15-4-7-5-16-17-9(7)12/h2-3,5H,4H2,1H3,(H2,13,18)(H,14,15)(H3,12,16,17). The van der Waals surface area contributed by atoms with Gasteiger partial charge in [-0.25, -0.2) is 4.98 Å². The molecule has 0 spiro atoms. The van der Waals surface area contributed by atoms with Gasteiger partial charge in [-0.15, -0.1) is 0 Å². The number of nitrogens with zero attached hydrogens (tertiary/aromatic N) is 2. The molecule has 2 aromatic heterocycles. The topological polar surface area (TPSA) is 123 Å². The van der Waals surface area contributed by atoms with Gasteiger partial charge >= 0.3 is 0 Å². The van der Waals surface area contributed by atoms with Crippen LogP contribution >= 0.6 is 0 Å². The maximum atomic E-state index is 11.4. The quantitative estimate of drug-likeness (QED) is 0.622. The fourth-order valence-electron chi connectivity index (χ4n) is 1.64. The molecule has 0 unspecified atom stereocenters. The molecule has 0 aliphatic carbocycles. The molecule has 0 atom stereocenters. The van der Waals surface area contributed by atoms with Crippen molar-refractivity contribution in [2.45, 2.75) is 13.5 Å². The van der Waals surface area contributed by atoms with E-state index >= 15 is 0 Å². The summed E-state index contributed by atoms with van der Waals surface area (Å²) >= 11 is 0. The van der Waals surface area contributed by atoms with E-state index in [0.29, 0.717) is 23.7 Å². The zero-order valence-corrected chi connectivity index (χ0v) is 9.90. The first-order chi connectivity index (χ1) is 8.59. The predicted molar refractivity (Wildman–Crippen MR) is 67.8 cm³/mol. The third kappa shape index (κ3) is 2.24. The summed E-state index contributed by atoms with van der Waals surface area (Å²) in [6.07, 6.45) is 3.23. The number of aromatic nitrogens is 3. The third-order valence-corrected chi connectivity index (χ3v) is 2.60. The first-order valence-corrected chi connectivity index (χ1v) is 5.36. The van der Waals surface area contributed by atoms with Crippen LogP contribution in [0.25, 0.3) is 0 Å². The van der Waals surface area contributed by atoms with Gasteiger partial charge in [-0.1, -0.05) is 0 Å². The van der Waals surface area contributed by atoms with E-state index in [-0.39, 0.29) is 0 Å². The lowest BCUT2D eigenvalue weighted by Crippen LogP contribution is -2.17. The Morgan fingerprint density at radius 1 is 1.56 bits per heavy atom. The number of nitrogen functional groups attached to an aromatic ring is 1. The fourth-order valence-corrected chi connectivity index (χ4v) is 1.64. The maximum Gasteiger partial charge on any atom is 0.252 e. The van der Waals surface area contributed by atoms with Crippen LogP contribution in [-0.2, 0) is 6.54 Å². The normalized spacial score (nSPS) is 10.3. The second-order valence-electron chi connectivity index (χ2n) is 3.88. The van der Waals surface area contributed by atoms with Crippen molar-refractivity contribution in [3.05, 3.63) is 35.2 Å². The average Bonchev–Trinajstić information content (AvgIpc) is 2.71. The summed E-state index contributed by atoms with van der Waals surface area (Å²) in [5, 5.41) is 9.46. The molecule has 2 aromatic rings. The summed E-state index contributed by atoms with van der Waals surface area (Å²) < 4.78 is 0. The van der Waals surface area contributed by atoms with E-state index in [1.165, 1.54) is 0 Å². The van der Waals surface area contributed by atoms with Crippen LogP contribution in [0.2, 0.25) is 0 Å². The van der Waals surface area contributed by atoms with Crippen LogP contribution in [0, 0.1) is 6.92 Å². The van der Waals surface area contributed by atoms with Crippen molar-refractivity contribution >= 4 is 17.5 Å². The zero-order valence-electron chi connectivity index (χ0n) is 9.90. The Labute approximate surface area is 104 Å². The third-order valence-electron chi connectivity index (χ3n) is 2.60. The molecule has 0 radical (unpaired) electrons. The van der Waals surface area contributed by atoms with Crippen LogP contribution in [0.3, 0.4) is 0 Å². The monoisotopic (exact) mass is 246 g/mol. The molecule has 0 bridgehead atoms. The van der Waals surface area contributed by atoms with Crippen molar-refractivity contribution in [2.75, 3.05) is 11.1 Å². The molecule has 0 aromatic carbocycles. The highest BCUT2D eigenvalue weighted by atomic mass is 16.1. The van der Waals surface area contributed by atoms with E-state index in [0.717, 1.165) is 11.1 Å². The predicted octanol–water partition coefficient (Wildman–Crippen LogP) is 0.406. The number of rotatable bonds is 4. The van der Waals surface area contributed by atoms with Gasteiger partial charge in [0.25, 0.3) is 5.91 Å². The van der Waals surface area contributed by atoms with E-state index in [9.17, 15) is 4.79 Å². The molecule has 94 valence electrons. The van der Waals surface area contributed by atoms with Crippen molar-refractivity contribution in [3.63, 3.8) is 0 Å². The fraction of sp³-hybridized carbons (Fsp3) is 0.182. The van der Waals surface area contributed by atoms with Gasteiger partial charge in [0.2, 0.25) is 0 Å². The number of anilines is 2. The minimum Gasteiger partial charge on any atom is -0.384 e. The first-order valence-electron chi connectivity index (χ1n) is 5.36. The Morgan fingerprint density at radius 2 is 2.33 bits per heavy atom. The highest BCUT2D eigenvalue weighted by Gasteiger charge is 2.12. The number of carbonyl (C=O) groups is 1. The van der Waals surface area contributed by atoms with Crippen LogP contribution in [0.4, 0.5) is 11.6 Å². The second kappa shape index (κ2) is 4.74. The summed E-state index contributed by atoms with van der Waals surface area (Å²) in [7, 11) is 0.